The lowest BCUT2D eigenvalue weighted by Gasteiger charge is -2.39. The molecule has 2 saturated heterocycles. The van der Waals surface area contributed by atoms with Gasteiger partial charge in [0.2, 0.25) is 5.91 Å². The molecule has 28 heavy (non-hydrogen) atoms. The number of piperidine rings is 1. The van der Waals surface area contributed by atoms with E-state index in [2.05, 4.69) is 65.9 Å². The maximum absolute atomic E-state index is 12.7. The smallest absolute Gasteiger partial charge is 0.236 e. The minimum atomic E-state index is 0.280. The summed E-state index contributed by atoms with van der Waals surface area (Å²) in [5.74, 6) is 1.50. The summed E-state index contributed by atoms with van der Waals surface area (Å²) in [5, 5.41) is 4.18. The van der Waals surface area contributed by atoms with Crippen LogP contribution >= 0.6 is 12.2 Å². The van der Waals surface area contributed by atoms with E-state index in [9.17, 15) is 4.79 Å². The zero-order valence-electron chi connectivity index (χ0n) is 17.7. The second-order valence-electron chi connectivity index (χ2n) is 8.76. The first-order valence-corrected chi connectivity index (χ1v) is 10.9. The fraction of sp³-hybridized carbons (Fsp3) is 0.636. The number of anilines is 1. The van der Waals surface area contributed by atoms with Crippen molar-refractivity contribution >= 4 is 28.9 Å². The van der Waals surface area contributed by atoms with Crippen molar-refractivity contribution in [3.05, 3.63) is 29.3 Å². The molecular weight excluding hydrogens is 368 g/mol. The zero-order valence-corrected chi connectivity index (χ0v) is 18.5. The molecule has 0 aromatic heterocycles. The van der Waals surface area contributed by atoms with Crippen molar-refractivity contribution < 1.29 is 4.79 Å². The van der Waals surface area contributed by atoms with Gasteiger partial charge in [0.25, 0.3) is 0 Å². The Morgan fingerprint density at radius 3 is 2.36 bits per heavy atom. The van der Waals surface area contributed by atoms with E-state index in [0.717, 1.165) is 50.1 Å². The van der Waals surface area contributed by atoms with E-state index < -0.39 is 0 Å². The number of piperazine rings is 1. The maximum atomic E-state index is 12.7. The van der Waals surface area contributed by atoms with Crippen LogP contribution in [0.2, 0.25) is 0 Å². The average Bonchev–Trinajstić information content (AvgIpc) is 2.64. The molecule has 0 unspecified atom stereocenters. The van der Waals surface area contributed by atoms with E-state index >= 15 is 0 Å². The van der Waals surface area contributed by atoms with E-state index in [1.807, 2.05) is 0 Å². The van der Waals surface area contributed by atoms with Crippen molar-refractivity contribution in [3.8, 4) is 0 Å². The van der Waals surface area contributed by atoms with Gasteiger partial charge in [0.05, 0.1) is 6.54 Å². The number of aryl methyl sites for hydroxylation is 2. The quantitative estimate of drug-likeness (QED) is 0.787. The summed E-state index contributed by atoms with van der Waals surface area (Å²) in [5.41, 5.74) is 3.50. The third-order valence-electron chi connectivity index (χ3n) is 5.87. The number of nitrogens with one attached hydrogen (secondary N) is 1. The molecule has 1 aromatic rings. The highest BCUT2D eigenvalue weighted by Crippen LogP contribution is 2.21. The Hall–Kier alpha value is -1.66. The molecule has 2 atom stereocenters. The van der Waals surface area contributed by atoms with Gasteiger partial charge in [-0.1, -0.05) is 26.0 Å². The number of carbonyl (C=O) groups excluding carboxylic acids is 1. The van der Waals surface area contributed by atoms with Crippen molar-refractivity contribution in [2.45, 2.75) is 34.1 Å². The molecule has 5 nitrogen and oxygen atoms in total. The van der Waals surface area contributed by atoms with Crippen LogP contribution < -0.4 is 5.32 Å². The predicted molar refractivity (Wildman–Crippen MR) is 120 cm³/mol. The molecule has 154 valence electrons. The van der Waals surface area contributed by atoms with E-state index in [4.69, 9.17) is 12.2 Å². The average molecular weight is 403 g/mol. The maximum Gasteiger partial charge on any atom is 0.236 e. The lowest BCUT2D eigenvalue weighted by Crippen LogP contribution is -2.53. The van der Waals surface area contributed by atoms with Crippen molar-refractivity contribution in [1.29, 1.82) is 0 Å². The highest BCUT2D eigenvalue weighted by Gasteiger charge is 2.27. The normalized spacial score (nSPS) is 23.6. The largest absolute Gasteiger partial charge is 0.346 e. The molecule has 3 rings (SSSR count). The van der Waals surface area contributed by atoms with Crippen molar-refractivity contribution in [2.24, 2.45) is 11.8 Å². The van der Waals surface area contributed by atoms with Crippen LogP contribution in [-0.2, 0) is 4.79 Å². The van der Waals surface area contributed by atoms with Gasteiger partial charge in [-0.2, -0.15) is 0 Å². The summed E-state index contributed by atoms with van der Waals surface area (Å²) in [6.07, 6.45) is 1.23. The molecule has 0 spiro atoms. The molecule has 2 fully saturated rings. The van der Waals surface area contributed by atoms with Gasteiger partial charge in [-0.25, -0.2) is 0 Å². The fourth-order valence-corrected chi connectivity index (χ4v) is 4.62. The molecule has 6 heteroatoms. The Bertz CT molecular complexity index is 704. The van der Waals surface area contributed by atoms with E-state index in [1.54, 1.807) is 0 Å². The first-order chi connectivity index (χ1) is 13.3. The number of thiocarbonyl (C=S) groups is 1. The Morgan fingerprint density at radius 2 is 1.71 bits per heavy atom. The number of likely N-dealkylation sites (tertiary alicyclic amines) is 1. The number of benzene rings is 1. The molecule has 0 bridgehead atoms. The SMILES string of the molecule is Cc1ccc(C)c(NC(=S)N2CCN(CC(=O)N3C[C@H](C)C[C@@H](C)C3)CC2)c1. The van der Waals surface area contributed by atoms with Crippen LogP contribution in [0, 0.1) is 25.7 Å². The van der Waals surface area contributed by atoms with Gasteiger partial charge in [0, 0.05) is 45.0 Å². The van der Waals surface area contributed by atoms with Crippen molar-refractivity contribution in [1.82, 2.24) is 14.7 Å². The van der Waals surface area contributed by atoms with E-state index in [-0.39, 0.29) is 5.91 Å². The van der Waals surface area contributed by atoms with Gasteiger partial charge in [0.15, 0.2) is 5.11 Å². The van der Waals surface area contributed by atoms with Crippen LogP contribution in [0.25, 0.3) is 0 Å². The highest BCUT2D eigenvalue weighted by molar-refractivity contribution is 7.80. The van der Waals surface area contributed by atoms with Gasteiger partial charge in [-0.05, 0) is 61.5 Å². The number of carbonyl (C=O) groups is 1. The molecule has 0 saturated carbocycles. The van der Waals surface area contributed by atoms with Crippen LogP contribution in [-0.4, -0.2) is 71.5 Å². The van der Waals surface area contributed by atoms with Crippen molar-refractivity contribution in [3.63, 3.8) is 0 Å². The minimum Gasteiger partial charge on any atom is -0.346 e. The monoisotopic (exact) mass is 402 g/mol. The van der Waals surface area contributed by atoms with Gasteiger partial charge < -0.3 is 15.1 Å². The number of amides is 1. The molecule has 2 heterocycles. The Labute approximate surface area is 175 Å². The van der Waals surface area contributed by atoms with Gasteiger partial charge in [-0.3, -0.25) is 9.69 Å². The molecule has 0 aliphatic carbocycles. The third-order valence-corrected chi connectivity index (χ3v) is 6.23. The van der Waals surface area contributed by atoms with Gasteiger partial charge in [-0.15, -0.1) is 0 Å². The number of nitrogens with zero attached hydrogens (tertiary/aromatic N) is 3. The second kappa shape index (κ2) is 9.23. The molecule has 2 aliphatic rings. The molecule has 1 amide bonds. The molecule has 0 radical (unpaired) electrons. The summed E-state index contributed by atoms with van der Waals surface area (Å²) >= 11 is 5.63. The second-order valence-corrected chi connectivity index (χ2v) is 9.14. The lowest BCUT2D eigenvalue weighted by atomic mass is 9.92. The Kier molecular flexibility index (Phi) is 6.94. The summed E-state index contributed by atoms with van der Waals surface area (Å²) in [4.78, 5) is 19.3. The molecule has 1 N–H and O–H groups in total. The van der Waals surface area contributed by atoms with Crippen LogP contribution in [0.1, 0.15) is 31.4 Å². The first kappa shape index (κ1) is 21.1. The number of hydrogen-bond acceptors (Lipinski definition) is 3. The first-order valence-electron chi connectivity index (χ1n) is 10.4. The Balaban J connectivity index is 1.47. The summed E-state index contributed by atoms with van der Waals surface area (Å²) in [6, 6.07) is 6.37. The number of rotatable bonds is 3. The summed E-state index contributed by atoms with van der Waals surface area (Å²) < 4.78 is 0. The lowest BCUT2D eigenvalue weighted by molar-refractivity contribution is -0.135. The summed E-state index contributed by atoms with van der Waals surface area (Å²) in [6.45, 7) is 14.5. The molecular formula is C22H34N4OS. The predicted octanol–water partition coefficient (Wildman–Crippen LogP) is 3.12. The van der Waals surface area contributed by atoms with Crippen LogP contribution in [0.4, 0.5) is 5.69 Å². The topological polar surface area (TPSA) is 38.8 Å². The van der Waals surface area contributed by atoms with Gasteiger partial charge in [0.1, 0.15) is 0 Å². The van der Waals surface area contributed by atoms with Crippen LogP contribution in [0.5, 0.6) is 0 Å². The van der Waals surface area contributed by atoms with Crippen LogP contribution in [0.15, 0.2) is 18.2 Å². The van der Waals surface area contributed by atoms with Crippen LogP contribution in [0.3, 0.4) is 0 Å². The third kappa shape index (κ3) is 5.45. The summed E-state index contributed by atoms with van der Waals surface area (Å²) in [7, 11) is 0. The molecule has 2 aliphatic heterocycles. The van der Waals surface area contributed by atoms with Crippen molar-refractivity contribution in [2.75, 3.05) is 51.1 Å². The highest BCUT2D eigenvalue weighted by atomic mass is 32.1. The standard InChI is InChI=1S/C22H34N4OS/c1-16-5-6-19(4)20(12-16)23-22(28)25-9-7-24(8-10-25)15-21(27)26-13-17(2)11-18(3)14-26/h5-6,12,17-18H,7-11,13-15H2,1-4H3,(H,23,28)/t17-,18-/m1/s1. The molecule has 1 aromatic carbocycles. The van der Waals surface area contributed by atoms with E-state index in [1.165, 1.54) is 17.5 Å². The zero-order chi connectivity index (χ0) is 20.3. The Morgan fingerprint density at radius 1 is 1.07 bits per heavy atom. The van der Waals surface area contributed by atoms with E-state index in [0.29, 0.717) is 18.4 Å². The fourth-order valence-electron chi connectivity index (χ4n) is 4.33. The van der Waals surface area contributed by atoms with Gasteiger partial charge >= 0.3 is 0 Å². The minimum absolute atomic E-state index is 0.280. The number of hydrogen-bond donors (Lipinski definition) is 1.